The molecule has 1 fully saturated rings. The Hall–Kier alpha value is -2.94. The molecular weight excluding hydrogens is 435 g/mol. The largest absolute Gasteiger partial charge is 0.441 e. The average Bonchev–Trinajstić information content (AvgIpc) is 2.73. The van der Waals surface area contributed by atoms with Gasteiger partial charge in [-0.05, 0) is 23.8 Å². The fraction of sp³-hybridized carbons (Fsp3) is 0.333. The Morgan fingerprint density at radius 3 is 2.29 bits per heavy atom. The molecule has 1 heterocycles. The third kappa shape index (κ3) is 5.81. The molecule has 3 rings (SSSR count). The zero-order valence-corrected chi connectivity index (χ0v) is 17.2. The summed E-state index contributed by atoms with van der Waals surface area (Å²) in [4.78, 5) is 27.3. The molecule has 0 bridgehead atoms. The van der Waals surface area contributed by atoms with Gasteiger partial charge in [-0.15, -0.1) is 0 Å². The Morgan fingerprint density at radius 1 is 1.06 bits per heavy atom. The molecule has 1 aliphatic rings. The summed E-state index contributed by atoms with van der Waals surface area (Å²) in [6, 6.07) is 12.6. The number of hydrogen-bond donors (Lipinski definition) is 1. The standard InChI is InChI=1S/C21H21ClF3N3O3/c22-17-7-6-15(12-16(17)21(23,24)25)27-8-10-28(11-9-27)19(29)13-18(31-20(26)30)14-4-2-1-3-5-14/h1-7,12,18H,8-11,13H2,(H2,26,30). The second-order valence-corrected chi connectivity index (χ2v) is 7.48. The van der Waals surface area contributed by atoms with Crippen LogP contribution in [0.2, 0.25) is 5.02 Å². The SMILES string of the molecule is NC(=O)OC(CC(=O)N1CCN(c2ccc(Cl)c(C(F)(F)F)c2)CC1)c1ccccc1. The number of halogens is 4. The van der Waals surface area contributed by atoms with E-state index in [1.54, 1.807) is 40.1 Å². The quantitative estimate of drug-likeness (QED) is 0.732. The van der Waals surface area contributed by atoms with Crippen LogP contribution in [0.15, 0.2) is 48.5 Å². The van der Waals surface area contributed by atoms with Gasteiger partial charge in [0.2, 0.25) is 5.91 Å². The minimum atomic E-state index is -4.54. The van der Waals surface area contributed by atoms with Crippen molar-refractivity contribution in [1.29, 1.82) is 0 Å². The van der Waals surface area contributed by atoms with Gasteiger partial charge in [-0.3, -0.25) is 4.79 Å². The lowest BCUT2D eigenvalue weighted by atomic mass is 10.1. The van der Waals surface area contributed by atoms with Crippen LogP contribution in [0.25, 0.3) is 0 Å². The summed E-state index contributed by atoms with van der Waals surface area (Å²) >= 11 is 5.68. The molecule has 31 heavy (non-hydrogen) atoms. The predicted octanol–water partition coefficient (Wildman–Crippen LogP) is 4.23. The number of amides is 2. The van der Waals surface area contributed by atoms with Crippen LogP contribution in [0.4, 0.5) is 23.7 Å². The van der Waals surface area contributed by atoms with Gasteiger partial charge in [0.05, 0.1) is 17.0 Å². The van der Waals surface area contributed by atoms with E-state index < -0.39 is 23.9 Å². The maximum atomic E-state index is 13.1. The first-order valence-corrected chi connectivity index (χ1v) is 9.93. The second-order valence-electron chi connectivity index (χ2n) is 7.07. The zero-order valence-electron chi connectivity index (χ0n) is 16.4. The molecular formula is C21H21ClF3N3O3. The highest BCUT2D eigenvalue weighted by Crippen LogP contribution is 2.37. The fourth-order valence-electron chi connectivity index (χ4n) is 3.46. The van der Waals surface area contributed by atoms with Crippen molar-refractivity contribution < 1.29 is 27.5 Å². The van der Waals surface area contributed by atoms with Gasteiger partial charge >= 0.3 is 12.3 Å². The molecule has 1 atom stereocenters. The minimum Gasteiger partial charge on any atom is -0.441 e. The first kappa shape index (κ1) is 22.7. The zero-order chi connectivity index (χ0) is 22.6. The minimum absolute atomic E-state index is 0.0773. The molecule has 2 aromatic rings. The number of alkyl halides is 3. The van der Waals surface area contributed by atoms with E-state index in [2.05, 4.69) is 0 Å². The van der Waals surface area contributed by atoms with Crippen molar-refractivity contribution in [2.24, 2.45) is 5.73 Å². The predicted molar refractivity (Wildman–Crippen MR) is 110 cm³/mol. The molecule has 1 aliphatic heterocycles. The normalized spacial score (nSPS) is 15.5. The average molecular weight is 456 g/mol. The summed E-state index contributed by atoms with van der Waals surface area (Å²) in [5.41, 5.74) is 5.29. The van der Waals surface area contributed by atoms with Crippen LogP contribution in [-0.2, 0) is 15.7 Å². The van der Waals surface area contributed by atoms with Crippen molar-refractivity contribution in [1.82, 2.24) is 4.90 Å². The van der Waals surface area contributed by atoms with Crippen LogP contribution < -0.4 is 10.6 Å². The smallest absolute Gasteiger partial charge is 0.417 e. The van der Waals surface area contributed by atoms with Crippen molar-refractivity contribution >= 4 is 29.3 Å². The number of piperazine rings is 1. The van der Waals surface area contributed by atoms with E-state index in [1.807, 2.05) is 0 Å². The van der Waals surface area contributed by atoms with Gasteiger partial charge in [-0.2, -0.15) is 13.2 Å². The summed E-state index contributed by atoms with van der Waals surface area (Å²) in [5.74, 6) is -0.234. The molecule has 2 amide bonds. The van der Waals surface area contributed by atoms with E-state index >= 15 is 0 Å². The van der Waals surface area contributed by atoms with E-state index in [-0.39, 0.29) is 17.4 Å². The molecule has 0 saturated carbocycles. The number of rotatable bonds is 5. The fourth-order valence-corrected chi connectivity index (χ4v) is 3.69. The molecule has 1 unspecified atom stereocenters. The van der Waals surface area contributed by atoms with Crippen LogP contribution in [0.3, 0.4) is 0 Å². The second kappa shape index (κ2) is 9.47. The Balaban J connectivity index is 1.64. The van der Waals surface area contributed by atoms with Gasteiger partial charge in [-0.1, -0.05) is 41.9 Å². The van der Waals surface area contributed by atoms with E-state index in [1.165, 1.54) is 12.1 Å². The summed E-state index contributed by atoms with van der Waals surface area (Å²) in [6.45, 7) is 1.36. The number of benzene rings is 2. The number of primary amides is 1. The molecule has 2 aromatic carbocycles. The number of ether oxygens (including phenoxy) is 1. The van der Waals surface area contributed by atoms with E-state index in [0.29, 0.717) is 37.4 Å². The molecule has 0 aliphatic carbocycles. The lowest BCUT2D eigenvalue weighted by Crippen LogP contribution is -2.49. The Morgan fingerprint density at radius 2 is 1.71 bits per heavy atom. The lowest BCUT2D eigenvalue weighted by Gasteiger charge is -2.37. The van der Waals surface area contributed by atoms with Crippen molar-refractivity contribution in [3.05, 3.63) is 64.7 Å². The Bertz CT molecular complexity index is 932. The molecule has 166 valence electrons. The Labute approximate surface area is 182 Å². The van der Waals surface area contributed by atoms with Crippen LogP contribution in [-0.4, -0.2) is 43.1 Å². The number of carbonyl (C=O) groups excluding carboxylic acids is 2. The van der Waals surface area contributed by atoms with Gasteiger partial charge in [0.25, 0.3) is 0 Å². The first-order valence-electron chi connectivity index (χ1n) is 9.55. The summed E-state index contributed by atoms with van der Waals surface area (Å²) < 4.78 is 44.5. The van der Waals surface area contributed by atoms with Crippen LogP contribution in [0.5, 0.6) is 0 Å². The highest BCUT2D eigenvalue weighted by molar-refractivity contribution is 6.31. The number of hydrogen-bond acceptors (Lipinski definition) is 4. The summed E-state index contributed by atoms with van der Waals surface area (Å²) in [6.07, 6.45) is -6.41. The molecule has 0 radical (unpaired) electrons. The third-order valence-corrected chi connectivity index (χ3v) is 5.37. The number of nitrogens with two attached hydrogens (primary N) is 1. The molecule has 1 saturated heterocycles. The molecule has 0 spiro atoms. The molecule has 2 N–H and O–H groups in total. The van der Waals surface area contributed by atoms with Gasteiger partial charge in [-0.25, -0.2) is 4.79 Å². The van der Waals surface area contributed by atoms with Gasteiger partial charge < -0.3 is 20.3 Å². The maximum absolute atomic E-state index is 13.1. The van der Waals surface area contributed by atoms with E-state index in [4.69, 9.17) is 22.1 Å². The van der Waals surface area contributed by atoms with Crippen molar-refractivity contribution in [3.63, 3.8) is 0 Å². The lowest BCUT2D eigenvalue weighted by molar-refractivity contribution is -0.137. The number of anilines is 1. The van der Waals surface area contributed by atoms with Crippen LogP contribution >= 0.6 is 11.6 Å². The van der Waals surface area contributed by atoms with Gasteiger partial charge in [0.15, 0.2) is 0 Å². The number of carbonyl (C=O) groups is 2. The van der Waals surface area contributed by atoms with E-state index in [9.17, 15) is 22.8 Å². The highest BCUT2D eigenvalue weighted by Gasteiger charge is 2.34. The van der Waals surface area contributed by atoms with Crippen LogP contribution in [0, 0.1) is 0 Å². The summed E-state index contributed by atoms with van der Waals surface area (Å²) in [5, 5.41) is -0.355. The number of nitrogens with zero attached hydrogens (tertiary/aromatic N) is 2. The van der Waals surface area contributed by atoms with Crippen molar-refractivity contribution in [2.45, 2.75) is 18.7 Å². The molecule has 10 heteroatoms. The molecule has 6 nitrogen and oxygen atoms in total. The van der Waals surface area contributed by atoms with Crippen molar-refractivity contribution in [2.75, 3.05) is 31.1 Å². The Kier molecular flexibility index (Phi) is 6.94. The third-order valence-electron chi connectivity index (χ3n) is 5.04. The molecule has 0 aromatic heterocycles. The first-order chi connectivity index (χ1) is 14.6. The topological polar surface area (TPSA) is 75.9 Å². The van der Waals surface area contributed by atoms with Crippen molar-refractivity contribution in [3.8, 4) is 0 Å². The maximum Gasteiger partial charge on any atom is 0.417 e. The van der Waals surface area contributed by atoms with E-state index in [0.717, 1.165) is 6.07 Å². The van der Waals surface area contributed by atoms with Gasteiger partial charge in [0, 0.05) is 31.9 Å². The van der Waals surface area contributed by atoms with Gasteiger partial charge in [0.1, 0.15) is 6.10 Å². The highest BCUT2D eigenvalue weighted by atomic mass is 35.5. The van der Waals surface area contributed by atoms with Crippen LogP contribution in [0.1, 0.15) is 23.7 Å². The summed E-state index contributed by atoms with van der Waals surface area (Å²) in [7, 11) is 0. The monoisotopic (exact) mass is 455 g/mol.